The summed E-state index contributed by atoms with van der Waals surface area (Å²) < 4.78 is 0. The minimum absolute atomic E-state index is 0.0173. The molecule has 0 spiro atoms. The number of hydrogen-bond acceptors (Lipinski definition) is 6. The molecule has 0 radical (unpaired) electrons. The van der Waals surface area contributed by atoms with Crippen LogP contribution in [-0.2, 0) is 0 Å². The molecule has 0 aliphatic heterocycles. The molecule has 1 heterocycles. The Kier molecular flexibility index (Phi) is 5.48. The number of hydrogen-bond donors (Lipinski definition) is 3. The first-order chi connectivity index (χ1) is 10.2. The van der Waals surface area contributed by atoms with Gasteiger partial charge in [0, 0.05) is 18.8 Å². The number of aryl methyl sites for hydroxylation is 1. The van der Waals surface area contributed by atoms with Gasteiger partial charge in [0.15, 0.2) is 0 Å². The molecule has 6 nitrogen and oxygen atoms in total. The van der Waals surface area contributed by atoms with Gasteiger partial charge in [-0.25, -0.2) is 9.97 Å². The molecule has 0 aliphatic rings. The minimum Gasteiger partial charge on any atom is -0.395 e. The number of benzene rings is 1. The summed E-state index contributed by atoms with van der Waals surface area (Å²) in [6.45, 7) is 2.80. The fourth-order valence-electron chi connectivity index (χ4n) is 2.08. The van der Waals surface area contributed by atoms with E-state index in [9.17, 15) is 0 Å². The molecule has 1 aromatic carbocycles. The maximum atomic E-state index is 9.09. The van der Waals surface area contributed by atoms with Gasteiger partial charge in [-0.15, -0.1) is 0 Å². The highest BCUT2D eigenvalue weighted by Crippen LogP contribution is 2.19. The van der Waals surface area contributed by atoms with Gasteiger partial charge in [0.05, 0.1) is 30.8 Å². The van der Waals surface area contributed by atoms with E-state index >= 15 is 0 Å². The standard InChI is InChI=1S/C15H20N4O2/c1-12-14(19(7-9-20)8-10-21)11-16-15(17-12)18-13-5-3-2-4-6-13/h2-6,11,20-21H,7-10H2,1H3,(H,16,17,18). The van der Waals surface area contributed by atoms with Crippen LogP contribution >= 0.6 is 0 Å². The van der Waals surface area contributed by atoms with Gasteiger partial charge in [-0.05, 0) is 19.1 Å². The van der Waals surface area contributed by atoms with Crippen molar-refractivity contribution in [3.8, 4) is 0 Å². The van der Waals surface area contributed by atoms with Crippen molar-refractivity contribution in [1.82, 2.24) is 9.97 Å². The third kappa shape index (κ3) is 4.14. The molecule has 6 heteroatoms. The molecular weight excluding hydrogens is 268 g/mol. The van der Waals surface area contributed by atoms with Gasteiger partial charge in [-0.3, -0.25) is 0 Å². The molecule has 21 heavy (non-hydrogen) atoms. The van der Waals surface area contributed by atoms with Crippen molar-refractivity contribution in [2.45, 2.75) is 6.92 Å². The van der Waals surface area contributed by atoms with Gasteiger partial charge in [0.1, 0.15) is 0 Å². The average Bonchev–Trinajstić information content (AvgIpc) is 2.48. The maximum Gasteiger partial charge on any atom is 0.227 e. The lowest BCUT2D eigenvalue weighted by Gasteiger charge is -2.24. The summed E-state index contributed by atoms with van der Waals surface area (Å²) in [4.78, 5) is 10.6. The number of aliphatic hydroxyl groups is 2. The topological polar surface area (TPSA) is 81.5 Å². The van der Waals surface area contributed by atoms with Crippen molar-refractivity contribution in [2.24, 2.45) is 0 Å². The molecule has 1 aromatic heterocycles. The molecule has 0 aliphatic carbocycles. The van der Waals surface area contributed by atoms with E-state index in [-0.39, 0.29) is 13.2 Å². The second kappa shape index (κ2) is 7.56. The third-order valence-corrected chi connectivity index (χ3v) is 3.06. The monoisotopic (exact) mass is 288 g/mol. The molecule has 0 saturated carbocycles. The van der Waals surface area contributed by atoms with Crippen LogP contribution in [0.5, 0.6) is 0 Å². The molecule has 0 amide bonds. The van der Waals surface area contributed by atoms with Gasteiger partial charge in [0.2, 0.25) is 5.95 Å². The van der Waals surface area contributed by atoms with E-state index in [2.05, 4.69) is 15.3 Å². The average molecular weight is 288 g/mol. The zero-order valence-electron chi connectivity index (χ0n) is 12.0. The number of para-hydroxylation sites is 1. The summed E-state index contributed by atoms with van der Waals surface area (Å²) in [5, 5.41) is 21.3. The van der Waals surface area contributed by atoms with E-state index in [1.165, 1.54) is 0 Å². The quantitative estimate of drug-likeness (QED) is 0.713. The third-order valence-electron chi connectivity index (χ3n) is 3.06. The van der Waals surface area contributed by atoms with E-state index in [0.717, 1.165) is 17.1 Å². The molecule has 0 unspecified atom stereocenters. The van der Waals surface area contributed by atoms with Crippen LogP contribution in [0.1, 0.15) is 5.69 Å². The van der Waals surface area contributed by atoms with Crippen molar-refractivity contribution in [2.75, 3.05) is 36.5 Å². The van der Waals surface area contributed by atoms with Crippen molar-refractivity contribution in [1.29, 1.82) is 0 Å². The lowest BCUT2D eigenvalue weighted by Crippen LogP contribution is -2.30. The zero-order chi connectivity index (χ0) is 15.1. The first-order valence-electron chi connectivity index (χ1n) is 6.87. The van der Waals surface area contributed by atoms with Gasteiger partial charge >= 0.3 is 0 Å². The Morgan fingerprint density at radius 2 is 1.76 bits per heavy atom. The smallest absolute Gasteiger partial charge is 0.227 e. The van der Waals surface area contributed by atoms with Crippen LogP contribution in [0.3, 0.4) is 0 Å². The molecule has 0 atom stereocenters. The second-order valence-electron chi connectivity index (χ2n) is 4.59. The van der Waals surface area contributed by atoms with Crippen molar-refractivity contribution < 1.29 is 10.2 Å². The lowest BCUT2D eigenvalue weighted by molar-refractivity contribution is 0.281. The van der Waals surface area contributed by atoms with Crippen LogP contribution in [0.15, 0.2) is 36.5 Å². The predicted octanol–water partition coefficient (Wildman–Crippen LogP) is 1.32. The van der Waals surface area contributed by atoms with Crippen molar-refractivity contribution in [3.05, 3.63) is 42.2 Å². The molecule has 0 saturated heterocycles. The largest absolute Gasteiger partial charge is 0.395 e. The molecule has 2 rings (SSSR count). The van der Waals surface area contributed by atoms with Crippen LogP contribution in [0, 0.1) is 6.92 Å². The van der Waals surface area contributed by atoms with Crippen LogP contribution in [0.2, 0.25) is 0 Å². The van der Waals surface area contributed by atoms with Crippen molar-refractivity contribution in [3.63, 3.8) is 0 Å². The number of nitrogens with zero attached hydrogens (tertiary/aromatic N) is 3. The van der Waals surface area contributed by atoms with Crippen LogP contribution in [-0.4, -0.2) is 46.5 Å². The molecule has 0 fully saturated rings. The SMILES string of the molecule is Cc1nc(Nc2ccccc2)ncc1N(CCO)CCO. The predicted molar refractivity (Wildman–Crippen MR) is 82.9 cm³/mol. The zero-order valence-corrected chi connectivity index (χ0v) is 12.0. The van der Waals surface area contributed by atoms with E-state index in [1.54, 1.807) is 6.20 Å². The molecule has 0 bridgehead atoms. The van der Waals surface area contributed by atoms with Gasteiger partial charge in [-0.1, -0.05) is 18.2 Å². The number of nitrogens with one attached hydrogen (secondary N) is 1. The van der Waals surface area contributed by atoms with Crippen LogP contribution in [0.25, 0.3) is 0 Å². The van der Waals surface area contributed by atoms with Crippen molar-refractivity contribution >= 4 is 17.3 Å². The fourth-order valence-corrected chi connectivity index (χ4v) is 2.08. The number of aliphatic hydroxyl groups excluding tert-OH is 2. The number of aromatic nitrogens is 2. The number of rotatable bonds is 7. The first-order valence-corrected chi connectivity index (χ1v) is 6.87. The summed E-state index contributed by atoms with van der Waals surface area (Å²) in [5.74, 6) is 0.524. The van der Waals surface area contributed by atoms with E-state index in [4.69, 9.17) is 10.2 Å². The summed E-state index contributed by atoms with van der Waals surface area (Å²) in [5.41, 5.74) is 2.54. The Morgan fingerprint density at radius 3 is 2.33 bits per heavy atom. The van der Waals surface area contributed by atoms with Gasteiger partial charge < -0.3 is 20.4 Å². The number of anilines is 3. The van der Waals surface area contributed by atoms with Gasteiger partial charge in [0.25, 0.3) is 0 Å². The Balaban J connectivity index is 2.16. The summed E-state index contributed by atoms with van der Waals surface area (Å²) in [6.07, 6.45) is 1.71. The van der Waals surface area contributed by atoms with Crippen LogP contribution in [0.4, 0.5) is 17.3 Å². The molecule has 2 aromatic rings. The highest BCUT2D eigenvalue weighted by molar-refractivity contribution is 5.56. The normalized spacial score (nSPS) is 10.4. The first kappa shape index (κ1) is 15.2. The summed E-state index contributed by atoms with van der Waals surface area (Å²) in [7, 11) is 0. The Bertz CT molecular complexity index is 557. The minimum atomic E-state index is 0.0173. The highest BCUT2D eigenvalue weighted by Gasteiger charge is 2.11. The molecule has 3 N–H and O–H groups in total. The van der Waals surface area contributed by atoms with E-state index < -0.39 is 0 Å². The summed E-state index contributed by atoms with van der Waals surface area (Å²) >= 11 is 0. The molecule has 112 valence electrons. The Labute approximate surface area is 124 Å². The van der Waals surface area contributed by atoms with Crippen LogP contribution < -0.4 is 10.2 Å². The lowest BCUT2D eigenvalue weighted by atomic mass is 10.3. The second-order valence-corrected chi connectivity index (χ2v) is 4.59. The summed E-state index contributed by atoms with van der Waals surface area (Å²) in [6, 6.07) is 9.70. The molecular formula is C15H20N4O2. The van der Waals surface area contributed by atoms with E-state index in [1.807, 2.05) is 42.2 Å². The van der Waals surface area contributed by atoms with Gasteiger partial charge in [-0.2, -0.15) is 0 Å². The Hall–Kier alpha value is -2.18. The fraction of sp³-hybridized carbons (Fsp3) is 0.333. The Morgan fingerprint density at radius 1 is 1.10 bits per heavy atom. The maximum absolute atomic E-state index is 9.09. The van der Waals surface area contributed by atoms with E-state index in [0.29, 0.717) is 19.0 Å². The highest BCUT2D eigenvalue weighted by atomic mass is 16.3.